The van der Waals surface area contributed by atoms with Crippen LogP contribution in [0.3, 0.4) is 0 Å². The van der Waals surface area contributed by atoms with E-state index in [1.165, 1.54) is 0 Å². The fourth-order valence-corrected chi connectivity index (χ4v) is 1.51. The molecule has 17 heavy (non-hydrogen) atoms. The number of rotatable bonds is 9. The molecular formula is C15H24O2. The molecule has 96 valence electrons. The molecule has 2 nitrogen and oxygen atoms in total. The number of aliphatic hydroxyl groups excluding tert-OH is 1. The molecule has 0 spiro atoms. The van der Waals surface area contributed by atoms with Gasteiger partial charge in [0.05, 0.1) is 12.4 Å². The largest absolute Gasteiger partial charge is 0.516 e. The summed E-state index contributed by atoms with van der Waals surface area (Å²) in [5.41, 5.74) is 1.10. The number of unbranched alkanes of at least 4 members (excludes halogenated alkanes) is 2. The van der Waals surface area contributed by atoms with Gasteiger partial charge in [0.1, 0.15) is 0 Å². The Kier molecular flexibility index (Phi) is 10.4. The topological polar surface area (TPSA) is 29.5 Å². The molecule has 0 aromatic rings. The Morgan fingerprint density at radius 3 is 2.53 bits per heavy atom. The van der Waals surface area contributed by atoms with Gasteiger partial charge in [-0.25, -0.2) is 0 Å². The minimum absolute atomic E-state index is 0.202. The number of hydrogen-bond acceptors (Lipinski definition) is 2. The third kappa shape index (κ3) is 9.64. The first-order valence-corrected chi connectivity index (χ1v) is 6.03. The van der Waals surface area contributed by atoms with Crippen molar-refractivity contribution >= 4 is 0 Å². The highest BCUT2D eigenvalue weighted by atomic mass is 16.5. The third-order valence-corrected chi connectivity index (χ3v) is 2.48. The fourth-order valence-electron chi connectivity index (χ4n) is 1.51. The summed E-state index contributed by atoms with van der Waals surface area (Å²) in [7, 11) is 1.73. The Balaban J connectivity index is 3.54. The second-order valence-corrected chi connectivity index (χ2v) is 4.01. The van der Waals surface area contributed by atoms with Gasteiger partial charge in [0.25, 0.3) is 0 Å². The maximum Gasteiger partial charge on any atom is 0.0791 e. The summed E-state index contributed by atoms with van der Waals surface area (Å²) in [5, 5.41) is 8.38. The summed E-state index contributed by atoms with van der Waals surface area (Å²) in [6.45, 7) is 5.92. The van der Waals surface area contributed by atoms with Crippen molar-refractivity contribution in [1.29, 1.82) is 0 Å². The van der Waals surface area contributed by atoms with Gasteiger partial charge in [-0.1, -0.05) is 42.9 Å². The summed E-state index contributed by atoms with van der Waals surface area (Å²) in [5.74, 6) is 0. The van der Waals surface area contributed by atoms with E-state index in [0.717, 1.165) is 37.5 Å². The molecule has 2 heteroatoms. The number of ether oxygens (including phenoxy) is 1. The van der Waals surface area contributed by atoms with Crippen LogP contribution in [0.1, 0.15) is 32.6 Å². The minimum atomic E-state index is 0.202. The van der Waals surface area contributed by atoms with Crippen LogP contribution >= 0.6 is 0 Å². The van der Waals surface area contributed by atoms with Gasteiger partial charge in [-0.15, -0.1) is 0 Å². The van der Waals surface area contributed by atoms with Gasteiger partial charge in [0, 0.05) is 7.11 Å². The molecule has 0 aliphatic heterocycles. The Hall–Kier alpha value is -1.28. The minimum Gasteiger partial charge on any atom is -0.516 e. The Morgan fingerprint density at radius 2 is 1.94 bits per heavy atom. The highest BCUT2D eigenvalue weighted by molar-refractivity contribution is 5.09. The molecule has 0 aliphatic carbocycles. The Bertz CT molecular complexity index is 275. The maximum absolute atomic E-state index is 8.38. The molecule has 0 amide bonds. The lowest BCUT2D eigenvalue weighted by atomic mass is 10.1. The second kappa shape index (κ2) is 11.2. The number of aliphatic hydroxyl groups is 1. The molecule has 0 aromatic heterocycles. The van der Waals surface area contributed by atoms with Crippen LogP contribution in [0, 0.1) is 0 Å². The van der Waals surface area contributed by atoms with Crippen LogP contribution in [0.4, 0.5) is 0 Å². The summed E-state index contributed by atoms with van der Waals surface area (Å²) >= 11 is 0. The molecule has 0 fully saturated rings. The molecule has 0 saturated heterocycles. The summed E-state index contributed by atoms with van der Waals surface area (Å²) in [6, 6.07) is 0. The molecule has 0 radical (unpaired) electrons. The third-order valence-electron chi connectivity index (χ3n) is 2.48. The van der Waals surface area contributed by atoms with E-state index in [4.69, 9.17) is 9.84 Å². The predicted octanol–water partition coefficient (Wildman–Crippen LogP) is 4.32. The van der Waals surface area contributed by atoms with E-state index in [-0.39, 0.29) is 6.10 Å². The lowest BCUT2D eigenvalue weighted by molar-refractivity contribution is 0.122. The van der Waals surface area contributed by atoms with E-state index in [1.54, 1.807) is 19.3 Å². The molecule has 1 unspecified atom stereocenters. The second-order valence-electron chi connectivity index (χ2n) is 4.01. The standard InChI is InChI=1S/C15H24O2/c1-14(2)15(17-3)12-10-8-6-4-5-7-9-11-13-16/h4-5,7,9,11,13,15-16H,1,6,8,10,12H2,2-3H3/b5-4-,9-7-,13-11+. The zero-order valence-corrected chi connectivity index (χ0v) is 10.9. The normalized spacial score (nSPS) is 14.0. The van der Waals surface area contributed by atoms with Gasteiger partial charge in [-0.05, 0) is 32.3 Å². The van der Waals surface area contributed by atoms with Gasteiger partial charge in [0.15, 0.2) is 0 Å². The SMILES string of the molecule is C=C(C)C(CCCC\C=C/C=C\C=C\O)OC. The van der Waals surface area contributed by atoms with E-state index < -0.39 is 0 Å². The van der Waals surface area contributed by atoms with Crippen molar-refractivity contribution in [3.05, 3.63) is 48.8 Å². The van der Waals surface area contributed by atoms with Crippen molar-refractivity contribution in [1.82, 2.24) is 0 Å². The zero-order chi connectivity index (χ0) is 12.9. The van der Waals surface area contributed by atoms with Crippen molar-refractivity contribution in [3.63, 3.8) is 0 Å². The summed E-state index contributed by atoms with van der Waals surface area (Å²) in [6.07, 6.45) is 15.0. The van der Waals surface area contributed by atoms with Crippen molar-refractivity contribution < 1.29 is 9.84 Å². The van der Waals surface area contributed by atoms with Crippen molar-refractivity contribution in [2.45, 2.75) is 38.7 Å². The van der Waals surface area contributed by atoms with Gasteiger partial charge < -0.3 is 9.84 Å². The first kappa shape index (κ1) is 15.7. The van der Waals surface area contributed by atoms with Crippen LogP contribution in [0.25, 0.3) is 0 Å². The average molecular weight is 236 g/mol. The molecule has 0 aliphatic rings. The van der Waals surface area contributed by atoms with Crippen LogP contribution in [0.5, 0.6) is 0 Å². The smallest absolute Gasteiger partial charge is 0.0791 e. The first-order chi connectivity index (χ1) is 8.22. The van der Waals surface area contributed by atoms with Crippen LogP contribution < -0.4 is 0 Å². The van der Waals surface area contributed by atoms with E-state index in [2.05, 4.69) is 12.7 Å². The van der Waals surface area contributed by atoms with E-state index >= 15 is 0 Å². The quantitative estimate of drug-likeness (QED) is 0.279. The predicted molar refractivity (Wildman–Crippen MR) is 74.1 cm³/mol. The average Bonchev–Trinajstić information content (AvgIpc) is 2.31. The molecule has 0 saturated carbocycles. The lowest BCUT2D eigenvalue weighted by Crippen LogP contribution is -2.10. The fraction of sp³-hybridized carbons (Fsp3) is 0.467. The monoisotopic (exact) mass is 236 g/mol. The van der Waals surface area contributed by atoms with Gasteiger partial charge in [0.2, 0.25) is 0 Å². The van der Waals surface area contributed by atoms with Crippen LogP contribution in [-0.4, -0.2) is 18.3 Å². The van der Waals surface area contributed by atoms with Crippen LogP contribution in [0.2, 0.25) is 0 Å². The highest BCUT2D eigenvalue weighted by Crippen LogP contribution is 2.12. The van der Waals surface area contributed by atoms with Gasteiger partial charge in [-0.3, -0.25) is 0 Å². The van der Waals surface area contributed by atoms with Crippen LogP contribution in [0.15, 0.2) is 48.8 Å². The number of methoxy groups -OCH3 is 1. The van der Waals surface area contributed by atoms with E-state index in [0.29, 0.717) is 0 Å². The molecule has 0 heterocycles. The maximum atomic E-state index is 8.38. The Morgan fingerprint density at radius 1 is 1.24 bits per heavy atom. The Labute approximate surface area is 105 Å². The molecule has 0 aromatic carbocycles. The van der Waals surface area contributed by atoms with Gasteiger partial charge >= 0.3 is 0 Å². The van der Waals surface area contributed by atoms with Gasteiger partial charge in [-0.2, -0.15) is 0 Å². The van der Waals surface area contributed by atoms with E-state index in [9.17, 15) is 0 Å². The number of hydrogen-bond donors (Lipinski definition) is 1. The highest BCUT2D eigenvalue weighted by Gasteiger charge is 2.06. The lowest BCUT2D eigenvalue weighted by Gasteiger charge is -2.14. The van der Waals surface area contributed by atoms with Crippen molar-refractivity contribution in [3.8, 4) is 0 Å². The molecule has 0 rings (SSSR count). The first-order valence-electron chi connectivity index (χ1n) is 6.03. The molecular weight excluding hydrogens is 212 g/mol. The van der Waals surface area contributed by atoms with Crippen molar-refractivity contribution in [2.24, 2.45) is 0 Å². The summed E-state index contributed by atoms with van der Waals surface area (Å²) < 4.78 is 5.32. The molecule has 1 atom stereocenters. The molecule has 0 bridgehead atoms. The summed E-state index contributed by atoms with van der Waals surface area (Å²) in [4.78, 5) is 0. The van der Waals surface area contributed by atoms with Crippen LogP contribution in [-0.2, 0) is 4.74 Å². The number of allylic oxidation sites excluding steroid dienone is 5. The molecule has 1 N–H and O–H groups in total. The van der Waals surface area contributed by atoms with E-state index in [1.807, 2.05) is 19.1 Å². The zero-order valence-electron chi connectivity index (χ0n) is 10.9. The van der Waals surface area contributed by atoms with Crippen molar-refractivity contribution in [2.75, 3.05) is 7.11 Å².